The number of carbonyl (C=O) groups excluding carboxylic acids is 1. The van der Waals surface area contributed by atoms with Crippen LogP contribution in [0.5, 0.6) is 0 Å². The predicted molar refractivity (Wildman–Crippen MR) is 52.9 cm³/mol. The van der Waals surface area contributed by atoms with Crippen molar-refractivity contribution in [3.05, 3.63) is 27.5 Å². The molecular weight excluding hydrogens is 257 g/mol. The van der Waals surface area contributed by atoms with Crippen LogP contribution in [0.25, 0.3) is 0 Å². The molecular formula is C8H7BrClNO2. The molecule has 0 aliphatic carbocycles. The van der Waals surface area contributed by atoms with Gasteiger partial charge in [0, 0.05) is 6.20 Å². The lowest BCUT2D eigenvalue weighted by atomic mass is 10.3. The van der Waals surface area contributed by atoms with Gasteiger partial charge in [-0.3, -0.25) is 0 Å². The summed E-state index contributed by atoms with van der Waals surface area (Å²) < 4.78 is 5.35. The van der Waals surface area contributed by atoms with Gasteiger partial charge in [0.15, 0.2) is 0 Å². The van der Waals surface area contributed by atoms with Crippen LogP contribution in [0.2, 0.25) is 5.02 Å². The lowest BCUT2D eigenvalue weighted by Crippen LogP contribution is -2.05. The van der Waals surface area contributed by atoms with E-state index in [1.54, 1.807) is 6.92 Å². The van der Waals surface area contributed by atoms with E-state index >= 15 is 0 Å². The molecule has 0 aliphatic rings. The average Bonchev–Trinajstić information content (AvgIpc) is 2.09. The van der Waals surface area contributed by atoms with Crippen LogP contribution in [0.4, 0.5) is 0 Å². The summed E-state index contributed by atoms with van der Waals surface area (Å²) >= 11 is 8.88. The molecule has 0 N–H and O–H groups in total. The number of hydrogen-bond donors (Lipinski definition) is 0. The molecule has 0 unspecified atom stereocenters. The smallest absolute Gasteiger partial charge is 0.339 e. The van der Waals surface area contributed by atoms with Crippen molar-refractivity contribution >= 4 is 33.5 Å². The van der Waals surface area contributed by atoms with E-state index in [4.69, 9.17) is 16.3 Å². The van der Waals surface area contributed by atoms with Crippen molar-refractivity contribution in [2.75, 3.05) is 6.61 Å². The van der Waals surface area contributed by atoms with Gasteiger partial charge >= 0.3 is 5.97 Å². The van der Waals surface area contributed by atoms with Gasteiger partial charge in [-0.2, -0.15) is 0 Å². The maximum atomic E-state index is 11.3. The van der Waals surface area contributed by atoms with Gasteiger partial charge in [-0.15, -0.1) is 0 Å². The standard InChI is InChI=1S/C8H7BrClNO2/c1-2-13-8(12)5-3-7(9)11-4-6(5)10/h3-4H,2H2,1H3. The van der Waals surface area contributed by atoms with E-state index in [1.807, 2.05) is 0 Å². The number of aromatic nitrogens is 1. The third-order valence-electron chi connectivity index (χ3n) is 1.32. The van der Waals surface area contributed by atoms with Crippen LogP contribution >= 0.6 is 27.5 Å². The zero-order chi connectivity index (χ0) is 9.84. The van der Waals surface area contributed by atoms with Crippen LogP contribution in [-0.4, -0.2) is 17.6 Å². The molecule has 13 heavy (non-hydrogen) atoms. The molecule has 0 aliphatic heterocycles. The van der Waals surface area contributed by atoms with Crippen LogP contribution < -0.4 is 0 Å². The molecule has 70 valence electrons. The fraction of sp³-hybridized carbons (Fsp3) is 0.250. The van der Waals surface area contributed by atoms with Crippen molar-refractivity contribution in [1.29, 1.82) is 0 Å². The van der Waals surface area contributed by atoms with Crippen molar-refractivity contribution in [3.8, 4) is 0 Å². The highest BCUT2D eigenvalue weighted by Gasteiger charge is 2.11. The largest absolute Gasteiger partial charge is 0.462 e. The highest BCUT2D eigenvalue weighted by atomic mass is 79.9. The van der Waals surface area contributed by atoms with Gasteiger partial charge in [0.1, 0.15) is 4.60 Å². The van der Waals surface area contributed by atoms with Gasteiger partial charge in [0.2, 0.25) is 0 Å². The summed E-state index contributed by atoms with van der Waals surface area (Å²) in [6.07, 6.45) is 1.40. The summed E-state index contributed by atoms with van der Waals surface area (Å²) in [5.41, 5.74) is 0.324. The zero-order valence-corrected chi connectivity index (χ0v) is 9.22. The Morgan fingerprint density at radius 2 is 2.46 bits per heavy atom. The number of halogens is 2. The topological polar surface area (TPSA) is 39.2 Å². The lowest BCUT2D eigenvalue weighted by molar-refractivity contribution is 0.0526. The Bertz CT molecular complexity index is 330. The zero-order valence-electron chi connectivity index (χ0n) is 6.88. The number of carbonyl (C=O) groups is 1. The molecule has 0 amide bonds. The molecule has 0 spiro atoms. The van der Waals surface area contributed by atoms with Crippen LogP contribution in [0, 0.1) is 0 Å². The van der Waals surface area contributed by atoms with Crippen molar-refractivity contribution in [2.24, 2.45) is 0 Å². The van der Waals surface area contributed by atoms with Crippen molar-refractivity contribution < 1.29 is 9.53 Å². The highest BCUT2D eigenvalue weighted by Crippen LogP contribution is 2.19. The van der Waals surface area contributed by atoms with Crippen molar-refractivity contribution in [2.45, 2.75) is 6.92 Å². The molecule has 1 heterocycles. The van der Waals surface area contributed by atoms with E-state index < -0.39 is 5.97 Å². The summed E-state index contributed by atoms with van der Waals surface area (Å²) in [6.45, 7) is 2.07. The fourth-order valence-electron chi connectivity index (χ4n) is 0.778. The number of rotatable bonds is 2. The molecule has 5 heteroatoms. The Labute approximate surface area is 89.2 Å². The minimum atomic E-state index is -0.435. The Balaban J connectivity index is 2.99. The molecule has 1 aromatic rings. The van der Waals surface area contributed by atoms with E-state index in [1.165, 1.54) is 12.3 Å². The number of hydrogen-bond acceptors (Lipinski definition) is 3. The van der Waals surface area contributed by atoms with Gasteiger partial charge in [-0.25, -0.2) is 9.78 Å². The van der Waals surface area contributed by atoms with Gasteiger partial charge in [-0.1, -0.05) is 11.6 Å². The molecule has 0 fully saturated rings. The second-order valence-corrected chi connectivity index (χ2v) is 3.43. The predicted octanol–water partition coefficient (Wildman–Crippen LogP) is 2.67. The normalized spacial score (nSPS) is 9.77. The summed E-state index contributed by atoms with van der Waals surface area (Å²) in [5, 5.41) is 0.293. The first-order valence-corrected chi connectivity index (χ1v) is 4.80. The van der Waals surface area contributed by atoms with Gasteiger partial charge in [-0.05, 0) is 28.9 Å². The number of esters is 1. The van der Waals surface area contributed by atoms with Crippen molar-refractivity contribution in [3.63, 3.8) is 0 Å². The molecule has 0 saturated carbocycles. The Morgan fingerprint density at radius 1 is 1.77 bits per heavy atom. The molecule has 0 bridgehead atoms. The van der Waals surface area contributed by atoms with Gasteiger partial charge < -0.3 is 4.74 Å². The summed E-state index contributed by atoms with van der Waals surface area (Å²) in [5.74, 6) is -0.435. The van der Waals surface area contributed by atoms with E-state index in [-0.39, 0.29) is 0 Å². The summed E-state index contributed by atoms with van der Waals surface area (Å²) in [6, 6.07) is 1.53. The summed E-state index contributed by atoms with van der Waals surface area (Å²) in [4.78, 5) is 15.1. The molecule has 0 atom stereocenters. The van der Waals surface area contributed by atoms with E-state index in [2.05, 4.69) is 20.9 Å². The first kappa shape index (κ1) is 10.5. The molecule has 3 nitrogen and oxygen atoms in total. The maximum Gasteiger partial charge on any atom is 0.339 e. The third-order valence-corrected chi connectivity index (χ3v) is 2.05. The number of ether oxygens (including phenoxy) is 1. The third kappa shape index (κ3) is 2.67. The first-order valence-electron chi connectivity index (χ1n) is 3.63. The minimum Gasteiger partial charge on any atom is -0.462 e. The second kappa shape index (κ2) is 4.58. The minimum absolute atomic E-state index is 0.293. The lowest BCUT2D eigenvalue weighted by Gasteiger charge is -2.03. The van der Waals surface area contributed by atoms with Crippen LogP contribution in [0.15, 0.2) is 16.9 Å². The molecule has 1 rings (SSSR count). The Kier molecular flexibility index (Phi) is 3.69. The molecule has 0 saturated heterocycles. The van der Waals surface area contributed by atoms with E-state index in [9.17, 15) is 4.79 Å². The molecule has 1 aromatic heterocycles. The Hall–Kier alpha value is -0.610. The molecule has 0 aromatic carbocycles. The number of pyridine rings is 1. The quantitative estimate of drug-likeness (QED) is 0.609. The maximum absolute atomic E-state index is 11.3. The number of nitrogens with zero attached hydrogens (tertiary/aromatic N) is 1. The fourth-order valence-corrected chi connectivity index (χ4v) is 1.29. The van der Waals surface area contributed by atoms with Gasteiger partial charge in [0.05, 0.1) is 17.2 Å². The Morgan fingerprint density at radius 3 is 3.08 bits per heavy atom. The van der Waals surface area contributed by atoms with E-state index in [0.29, 0.717) is 21.8 Å². The van der Waals surface area contributed by atoms with Gasteiger partial charge in [0.25, 0.3) is 0 Å². The van der Waals surface area contributed by atoms with Crippen LogP contribution in [-0.2, 0) is 4.74 Å². The average molecular weight is 265 g/mol. The highest BCUT2D eigenvalue weighted by molar-refractivity contribution is 9.10. The van der Waals surface area contributed by atoms with E-state index in [0.717, 1.165) is 0 Å². The summed E-state index contributed by atoms with van der Waals surface area (Å²) in [7, 11) is 0. The first-order chi connectivity index (χ1) is 6.15. The second-order valence-electron chi connectivity index (χ2n) is 2.21. The monoisotopic (exact) mass is 263 g/mol. The van der Waals surface area contributed by atoms with Crippen molar-refractivity contribution in [1.82, 2.24) is 4.98 Å². The molecule has 0 radical (unpaired) electrons. The SMILES string of the molecule is CCOC(=O)c1cc(Br)ncc1Cl. The van der Waals surface area contributed by atoms with Crippen LogP contribution in [0.1, 0.15) is 17.3 Å². The van der Waals surface area contributed by atoms with Crippen LogP contribution in [0.3, 0.4) is 0 Å².